The number of aryl methyl sites for hydroxylation is 1. The van der Waals surface area contributed by atoms with Crippen LogP contribution in [0.3, 0.4) is 0 Å². The van der Waals surface area contributed by atoms with Gasteiger partial charge >= 0.3 is 0 Å². The standard InChI is InChI=1S/C21H26N2O/c1-3-23(18-11-5-4-6-12-18)21(24)16-22-15-9-14-20(22)19-13-8-7-10-17(19)2/h4-8,10-13,20H,3,9,14-16H2,1-2H3. The maximum Gasteiger partial charge on any atom is 0.241 e. The highest BCUT2D eigenvalue weighted by Gasteiger charge is 2.29. The van der Waals surface area contributed by atoms with E-state index < -0.39 is 0 Å². The van der Waals surface area contributed by atoms with Crippen LogP contribution in [0.1, 0.15) is 36.9 Å². The highest BCUT2D eigenvalue weighted by molar-refractivity contribution is 5.94. The predicted octanol–water partition coefficient (Wildman–Crippen LogP) is 4.19. The summed E-state index contributed by atoms with van der Waals surface area (Å²) in [6.45, 7) is 6.38. The Hall–Kier alpha value is -2.13. The quantitative estimate of drug-likeness (QED) is 0.824. The summed E-state index contributed by atoms with van der Waals surface area (Å²) in [4.78, 5) is 17.1. The molecule has 0 saturated carbocycles. The lowest BCUT2D eigenvalue weighted by Crippen LogP contribution is -2.40. The van der Waals surface area contributed by atoms with Gasteiger partial charge in [0.25, 0.3) is 0 Å². The fourth-order valence-corrected chi connectivity index (χ4v) is 3.70. The van der Waals surface area contributed by atoms with E-state index in [4.69, 9.17) is 0 Å². The second-order valence-electron chi connectivity index (χ2n) is 6.46. The third-order valence-electron chi connectivity index (χ3n) is 4.93. The summed E-state index contributed by atoms with van der Waals surface area (Å²) in [7, 11) is 0. The molecule has 3 heteroatoms. The molecular formula is C21H26N2O. The number of rotatable bonds is 5. The molecule has 1 aliphatic heterocycles. The van der Waals surface area contributed by atoms with Crippen molar-refractivity contribution in [3.63, 3.8) is 0 Å². The lowest BCUT2D eigenvalue weighted by molar-refractivity contribution is -0.119. The lowest BCUT2D eigenvalue weighted by atomic mass is 9.99. The van der Waals surface area contributed by atoms with E-state index in [0.717, 1.165) is 25.1 Å². The van der Waals surface area contributed by atoms with Gasteiger partial charge in [0.2, 0.25) is 5.91 Å². The zero-order valence-corrected chi connectivity index (χ0v) is 14.6. The van der Waals surface area contributed by atoms with Crippen LogP contribution in [0.4, 0.5) is 5.69 Å². The Morgan fingerprint density at radius 1 is 1.12 bits per heavy atom. The molecule has 3 nitrogen and oxygen atoms in total. The fraction of sp³-hybridized carbons (Fsp3) is 0.381. The first-order chi connectivity index (χ1) is 11.7. The number of carbonyl (C=O) groups excluding carboxylic acids is 1. The number of para-hydroxylation sites is 1. The van der Waals surface area contributed by atoms with Gasteiger partial charge in [-0.1, -0.05) is 42.5 Å². The van der Waals surface area contributed by atoms with Crippen LogP contribution in [-0.4, -0.2) is 30.4 Å². The number of amides is 1. The molecule has 1 amide bonds. The molecule has 1 heterocycles. The topological polar surface area (TPSA) is 23.6 Å². The van der Waals surface area contributed by atoms with Gasteiger partial charge in [0, 0.05) is 18.3 Å². The third kappa shape index (κ3) is 3.51. The molecule has 0 aromatic heterocycles. The first-order valence-electron chi connectivity index (χ1n) is 8.85. The highest BCUT2D eigenvalue weighted by Crippen LogP contribution is 2.33. The molecule has 0 N–H and O–H groups in total. The fourth-order valence-electron chi connectivity index (χ4n) is 3.70. The minimum atomic E-state index is 0.184. The van der Waals surface area contributed by atoms with Crippen molar-refractivity contribution in [3.05, 3.63) is 65.7 Å². The van der Waals surface area contributed by atoms with Gasteiger partial charge in [0.1, 0.15) is 0 Å². The first-order valence-corrected chi connectivity index (χ1v) is 8.85. The molecule has 0 bridgehead atoms. The minimum absolute atomic E-state index is 0.184. The van der Waals surface area contributed by atoms with Crippen molar-refractivity contribution in [3.8, 4) is 0 Å². The Bertz CT molecular complexity index is 683. The van der Waals surface area contributed by atoms with Crippen molar-refractivity contribution < 1.29 is 4.79 Å². The van der Waals surface area contributed by atoms with Gasteiger partial charge in [0.05, 0.1) is 6.54 Å². The molecule has 3 rings (SSSR count). The summed E-state index contributed by atoms with van der Waals surface area (Å²) in [6, 6.07) is 18.9. The number of likely N-dealkylation sites (N-methyl/N-ethyl adjacent to an activating group) is 1. The molecule has 0 aliphatic carbocycles. The van der Waals surface area contributed by atoms with Crippen molar-refractivity contribution in [1.82, 2.24) is 4.90 Å². The summed E-state index contributed by atoms with van der Waals surface area (Å²) in [5, 5.41) is 0. The first kappa shape index (κ1) is 16.7. The number of carbonyl (C=O) groups is 1. The number of nitrogens with zero attached hydrogens (tertiary/aromatic N) is 2. The van der Waals surface area contributed by atoms with Crippen LogP contribution in [0.5, 0.6) is 0 Å². The zero-order chi connectivity index (χ0) is 16.9. The van der Waals surface area contributed by atoms with Crippen LogP contribution in [0.25, 0.3) is 0 Å². The summed E-state index contributed by atoms with van der Waals surface area (Å²) in [5.74, 6) is 0.184. The van der Waals surface area contributed by atoms with Crippen molar-refractivity contribution in [2.75, 3.05) is 24.5 Å². The number of hydrogen-bond acceptors (Lipinski definition) is 2. The van der Waals surface area contributed by atoms with Crippen LogP contribution in [-0.2, 0) is 4.79 Å². The molecule has 0 spiro atoms. The minimum Gasteiger partial charge on any atom is -0.312 e. The third-order valence-corrected chi connectivity index (χ3v) is 4.93. The van der Waals surface area contributed by atoms with Gasteiger partial charge in [-0.25, -0.2) is 0 Å². The van der Waals surface area contributed by atoms with E-state index in [1.54, 1.807) is 0 Å². The maximum atomic E-state index is 12.9. The predicted molar refractivity (Wildman–Crippen MR) is 99.2 cm³/mol. The van der Waals surface area contributed by atoms with Crippen LogP contribution in [0.2, 0.25) is 0 Å². The van der Waals surface area contributed by atoms with Gasteiger partial charge in [-0.3, -0.25) is 9.69 Å². The van der Waals surface area contributed by atoms with Gasteiger partial charge in [0.15, 0.2) is 0 Å². The van der Waals surface area contributed by atoms with Gasteiger partial charge < -0.3 is 4.90 Å². The zero-order valence-electron chi connectivity index (χ0n) is 14.6. The summed E-state index contributed by atoms with van der Waals surface area (Å²) in [6.07, 6.45) is 2.29. The molecule has 1 saturated heterocycles. The number of anilines is 1. The van der Waals surface area contributed by atoms with E-state index in [0.29, 0.717) is 19.1 Å². The van der Waals surface area contributed by atoms with Gasteiger partial charge in [-0.05, 0) is 56.5 Å². The Morgan fingerprint density at radius 2 is 1.83 bits per heavy atom. The van der Waals surface area contributed by atoms with Crippen LogP contribution >= 0.6 is 0 Å². The molecular weight excluding hydrogens is 296 g/mol. The molecule has 1 atom stereocenters. The van der Waals surface area contributed by atoms with E-state index >= 15 is 0 Å². The molecule has 126 valence electrons. The highest BCUT2D eigenvalue weighted by atomic mass is 16.2. The summed E-state index contributed by atoms with van der Waals surface area (Å²) in [5.41, 5.74) is 3.67. The number of likely N-dealkylation sites (tertiary alicyclic amines) is 1. The molecule has 24 heavy (non-hydrogen) atoms. The molecule has 1 unspecified atom stereocenters. The van der Waals surface area contributed by atoms with Crippen molar-refractivity contribution in [1.29, 1.82) is 0 Å². The van der Waals surface area contributed by atoms with Gasteiger partial charge in [-0.15, -0.1) is 0 Å². The number of hydrogen-bond donors (Lipinski definition) is 0. The Balaban J connectivity index is 1.74. The van der Waals surface area contributed by atoms with Crippen molar-refractivity contribution >= 4 is 11.6 Å². The Morgan fingerprint density at radius 3 is 2.54 bits per heavy atom. The van der Waals surface area contributed by atoms with Crippen LogP contribution < -0.4 is 4.90 Å². The normalized spacial score (nSPS) is 17.8. The molecule has 0 radical (unpaired) electrons. The van der Waals surface area contributed by atoms with Crippen LogP contribution in [0.15, 0.2) is 54.6 Å². The SMILES string of the molecule is CCN(C(=O)CN1CCCC1c1ccccc1C)c1ccccc1. The maximum absolute atomic E-state index is 12.9. The van der Waals surface area contributed by atoms with E-state index in [1.807, 2.05) is 42.2 Å². The Kier molecular flexibility index (Phi) is 5.31. The monoisotopic (exact) mass is 322 g/mol. The van der Waals surface area contributed by atoms with E-state index in [9.17, 15) is 4.79 Å². The van der Waals surface area contributed by atoms with Crippen molar-refractivity contribution in [2.24, 2.45) is 0 Å². The average molecular weight is 322 g/mol. The molecule has 1 fully saturated rings. The number of benzene rings is 2. The molecule has 2 aromatic carbocycles. The summed E-state index contributed by atoms with van der Waals surface area (Å²) < 4.78 is 0. The van der Waals surface area contributed by atoms with E-state index in [1.165, 1.54) is 11.1 Å². The molecule has 1 aliphatic rings. The second-order valence-corrected chi connectivity index (χ2v) is 6.46. The lowest BCUT2D eigenvalue weighted by Gasteiger charge is -2.29. The second kappa shape index (κ2) is 7.63. The van der Waals surface area contributed by atoms with Gasteiger partial charge in [-0.2, -0.15) is 0 Å². The van der Waals surface area contributed by atoms with E-state index in [-0.39, 0.29) is 5.91 Å². The van der Waals surface area contributed by atoms with E-state index in [2.05, 4.69) is 36.1 Å². The summed E-state index contributed by atoms with van der Waals surface area (Å²) >= 11 is 0. The largest absolute Gasteiger partial charge is 0.312 e. The Labute approximate surface area is 144 Å². The molecule has 2 aromatic rings. The van der Waals surface area contributed by atoms with Crippen molar-refractivity contribution in [2.45, 2.75) is 32.7 Å². The average Bonchev–Trinajstić information content (AvgIpc) is 3.05. The smallest absolute Gasteiger partial charge is 0.241 e. The van der Waals surface area contributed by atoms with Crippen LogP contribution in [0, 0.1) is 6.92 Å².